The van der Waals surface area contributed by atoms with Gasteiger partial charge in [0, 0.05) is 0 Å². The molecule has 0 radical (unpaired) electrons. The normalized spacial score (nSPS) is 13.3. The highest BCUT2D eigenvalue weighted by atomic mass is 32.2. The molecule has 0 aliphatic heterocycles. The number of nitrogens with zero attached hydrogens (tertiary/aromatic N) is 1. The maximum absolute atomic E-state index is 10.3. The molecule has 0 bridgehead atoms. The molecule has 1 atom stereocenters. The molecular formula is C7H14N2O3S. The first-order valence-electron chi connectivity index (χ1n) is 3.87. The van der Waals surface area contributed by atoms with Gasteiger partial charge in [-0.15, -0.1) is 0 Å². The highest BCUT2D eigenvalue weighted by Crippen LogP contribution is 2.04. The number of nitrogens with one attached hydrogen (secondary N) is 1. The Labute approximate surface area is 80.0 Å². The van der Waals surface area contributed by atoms with Crippen molar-refractivity contribution in [2.75, 3.05) is 19.5 Å². The number of carbonyl (C=O) groups excluding carboxylic acids is 1. The van der Waals surface area contributed by atoms with Crippen LogP contribution in [0.5, 0.6) is 0 Å². The van der Waals surface area contributed by atoms with E-state index in [0.717, 1.165) is 0 Å². The van der Waals surface area contributed by atoms with Crippen LogP contribution in [0.2, 0.25) is 0 Å². The molecule has 0 rings (SSSR count). The van der Waals surface area contributed by atoms with E-state index >= 15 is 0 Å². The number of amidine groups is 1. The lowest BCUT2D eigenvalue weighted by Gasteiger charge is -2.06. The van der Waals surface area contributed by atoms with E-state index in [-0.39, 0.29) is 0 Å². The maximum atomic E-state index is 10.3. The van der Waals surface area contributed by atoms with Gasteiger partial charge in [-0.1, -0.05) is 5.16 Å². The molecule has 0 heterocycles. The van der Waals surface area contributed by atoms with Gasteiger partial charge in [0.1, 0.15) is 6.61 Å². The van der Waals surface area contributed by atoms with E-state index in [0.29, 0.717) is 18.4 Å². The lowest BCUT2D eigenvalue weighted by Crippen LogP contribution is -2.22. The van der Waals surface area contributed by atoms with E-state index < -0.39 is 10.5 Å². The van der Waals surface area contributed by atoms with Crippen molar-refractivity contribution in [1.82, 2.24) is 5.48 Å². The highest BCUT2D eigenvalue weighted by Gasteiger charge is 2.01. The van der Waals surface area contributed by atoms with E-state index in [4.69, 9.17) is 9.68 Å². The number of rotatable bonds is 4. The molecule has 0 aliphatic carbocycles. The van der Waals surface area contributed by atoms with Gasteiger partial charge in [0.05, 0.1) is 6.61 Å². The van der Waals surface area contributed by atoms with E-state index in [2.05, 4.69) is 10.6 Å². The Bertz CT molecular complexity index is 224. The predicted octanol–water partition coefficient (Wildman–Crippen LogP) is 0.801. The third kappa shape index (κ3) is 5.41. The summed E-state index contributed by atoms with van der Waals surface area (Å²) in [5, 5.41) is 5.85. The van der Waals surface area contributed by atoms with Gasteiger partial charge in [0.25, 0.3) is 0 Å². The third-order valence-corrected chi connectivity index (χ3v) is 1.98. The second-order valence-electron chi connectivity index (χ2n) is 1.94. The van der Waals surface area contributed by atoms with Crippen LogP contribution in [0.3, 0.4) is 0 Å². The summed E-state index contributed by atoms with van der Waals surface area (Å²) in [5.74, 6) is 0. The largest absolute Gasteiger partial charge is 0.394 e. The Morgan fingerprint density at radius 1 is 1.54 bits per heavy atom. The molecule has 1 unspecified atom stereocenters. The molecule has 6 heteroatoms. The fourth-order valence-electron chi connectivity index (χ4n) is 0.434. The van der Waals surface area contributed by atoms with Crippen LogP contribution in [0, 0.1) is 0 Å². The quantitative estimate of drug-likeness (QED) is 0.320. The van der Waals surface area contributed by atoms with Crippen molar-refractivity contribution in [1.29, 1.82) is 0 Å². The maximum Gasteiger partial charge on any atom is 0.228 e. The summed E-state index contributed by atoms with van der Waals surface area (Å²) in [5.41, 5.74) is 2.53. The van der Waals surface area contributed by atoms with Gasteiger partial charge in [-0.3, -0.25) is 4.84 Å². The summed E-state index contributed by atoms with van der Waals surface area (Å²) in [7, 11) is -0.734. The fraction of sp³-hybridized carbons (Fsp3) is 0.714. The summed E-state index contributed by atoms with van der Waals surface area (Å²) in [6.07, 6.45) is 1.68. The second-order valence-corrected chi connectivity index (χ2v) is 3.52. The molecule has 0 saturated heterocycles. The molecule has 76 valence electrons. The van der Waals surface area contributed by atoms with Crippen molar-refractivity contribution in [3.05, 3.63) is 0 Å². The molecular weight excluding hydrogens is 192 g/mol. The SMILES string of the molecule is CCON=C(NOCC)S(C)=C=O. The minimum absolute atomic E-state index is 0.360. The Balaban J connectivity index is 4.27. The number of hydrogen-bond donors (Lipinski definition) is 1. The minimum atomic E-state index is -0.734. The molecule has 0 aromatic carbocycles. The van der Waals surface area contributed by atoms with Crippen LogP contribution in [0.15, 0.2) is 5.16 Å². The Morgan fingerprint density at radius 3 is 2.69 bits per heavy atom. The van der Waals surface area contributed by atoms with Crippen LogP contribution in [0.4, 0.5) is 0 Å². The zero-order valence-corrected chi connectivity index (χ0v) is 8.81. The minimum Gasteiger partial charge on any atom is -0.394 e. The summed E-state index contributed by atoms with van der Waals surface area (Å²) in [4.78, 5) is 20.0. The first kappa shape index (κ1) is 12.2. The topological polar surface area (TPSA) is 59.9 Å². The predicted molar refractivity (Wildman–Crippen MR) is 53.0 cm³/mol. The highest BCUT2D eigenvalue weighted by molar-refractivity contribution is 8.26. The van der Waals surface area contributed by atoms with Crippen molar-refractivity contribution in [3.63, 3.8) is 0 Å². The average Bonchev–Trinajstić information content (AvgIpc) is 2.17. The van der Waals surface area contributed by atoms with Gasteiger partial charge in [-0.05, 0) is 30.6 Å². The monoisotopic (exact) mass is 206 g/mol. The summed E-state index contributed by atoms with van der Waals surface area (Å²) in [6.45, 7) is 4.57. The molecule has 0 aromatic heterocycles. The van der Waals surface area contributed by atoms with Gasteiger partial charge < -0.3 is 4.84 Å². The van der Waals surface area contributed by atoms with Gasteiger partial charge in [-0.2, -0.15) is 0 Å². The summed E-state index contributed by atoms with van der Waals surface area (Å²) >= 11 is 0. The summed E-state index contributed by atoms with van der Waals surface area (Å²) < 4.78 is 0. The van der Waals surface area contributed by atoms with Gasteiger partial charge in [-0.25, -0.2) is 10.3 Å². The first-order valence-corrected chi connectivity index (χ1v) is 5.51. The molecule has 1 N–H and O–H groups in total. The molecule has 0 saturated carbocycles. The van der Waals surface area contributed by atoms with Crippen LogP contribution in [0.1, 0.15) is 13.8 Å². The molecule has 13 heavy (non-hydrogen) atoms. The van der Waals surface area contributed by atoms with Crippen molar-refractivity contribution >= 4 is 20.9 Å². The lowest BCUT2D eigenvalue weighted by atomic mass is 10.9. The molecule has 0 amide bonds. The van der Waals surface area contributed by atoms with Crippen LogP contribution in [-0.4, -0.2) is 29.9 Å². The molecule has 0 spiro atoms. The standard InChI is InChI=1S/C7H14N2O3S/c1-4-11-8-7(9-12-5-2)13(3)6-10/h4-5H2,1-3H3,(H,8,9). The van der Waals surface area contributed by atoms with Gasteiger partial charge in [0.2, 0.25) is 5.17 Å². The van der Waals surface area contributed by atoms with Crippen LogP contribution < -0.4 is 5.48 Å². The molecule has 0 aromatic rings. The molecule has 5 nitrogen and oxygen atoms in total. The van der Waals surface area contributed by atoms with Gasteiger partial charge in [0.15, 0.2) is 5.23 Å². The first-order chi connectivity index (χ1) is 6.26. The van der Waals surface area contributed by atoms with Crippen LogP contribution >= 0.6 is 10.5 Å². The van der Waals surface area contributed by atoms with Crippen molar-refractivity contribution < 1.29 is 14.5 Å². The zero-order chi connectivity index (χ0) is 10.1. The molecule has 0 fully saturated rings. The van der Waals surface area contributed by atoms with E-state index in [9.17, 15) is 4.79 Å². The Kier molecular flexibility index (Phi) is 7.29. The van der Waals surface area contributed by atoms with Crippen LogP contribution in [-0.2, 0) is 14.5 Å². The number of hydrogen-bond acceptors (Lipinski definition) is 4. The van der Waals surface area contributed by atoms with Crippen molar-refractivity contribution in [2.24, 2.45) is 5.16 Å². The van der Waals surface area contributed by atoms with Gasteiger partial charge >= 0.3 is 0 Å². The fourth-order valence-corrected chi connectivity index (χ4v) is 0.861. The molecule has 0 aliphatic rings. The van der Waals surface area contributed by atoms with Crippen molar-refractivity contribution in [3.8, 4) is 0 Å². The van der Waals surface area contributed by atoms with E-state index in [1.807, 2.05) is 12.2 Å². The number of hydroxylamine groups is 1. The van der Waals surface area contributed by atoms with E-state index in [1.165, 1.54) is 0 Å². The van der Waals surface area contributed by atoms with Crippen molar-refractivity contribution in [2.45, 2.75) is 13.8 Å². The average molecular weight is 206 g/mol. The summed E-state index contributed by atoms with van der Waals surface area (Å²) in [6, 6.07) is 0. The second kappa shape index (κ2) is 7.79. The zero-order valence-electron chi connectivity index (χ0n) is 7.99. The van der Waals surface area contributed by atoms with E-state index in [1.54, 1.807) is 13.2 Å². The Morgan fingerprint density at radius 2 is 2.23 bits per heavy atom. The van der Waals surface area contributed by atoms with Crippen LogP contribution in [0.25, 0.3) is 0 Å². The number of oxime groups is 1. The Hall–Kier alpha value is -0.840. The third-order valence-electron chi connectivity index (χ3n) is 0.995. The lowest BCUT2D eigenvalue weighted by molar-refractivity contribution is 0.0912. The smallest absolute Gasteiger partial charge is 0.228 e.